The van der Waals surface area contributed by atoms with Crippen LogP contribution in [0, 0.1) is 5.92 Å². The summed E-state index contributed by atoms with van der Waals surface area (Å²) < 4.78 is 10.6. The Morgan fingerprint density at radius 2 is 1.67 bits per heavy atom. The molecular weight excluding hydrogens is 418 g/mol. The van der Waals surface area contributed by atoms with Crippen molar-refractivity contribution in [2.45, 2.75) is 12.8 Å². The molecule has 8 nitrogen and oxygen atoms in total. The molecule has 1 amide bonds. The summed E-state index contributed by atoms with van der Waals surface area (Å²) in [5, 5.41) is 8.67. The third-order valence-corrected chi connectivity index (χ3v) is 6.62. The average molecular weight is 448 g/mol. The Morgan fingerprint density at radius 1 is 0.909 bits per heavy atom. The van der Waals surface area contributed by atoms with Gasteiger partial charge in [-0.25, -0.2) is 0 Å². The topological polar surface area (TPSA) is 74.9 Å². The van der Waals surface area contributed by atoms with Gasteiger partial charge in [0.05, 0.1) is 13.4 Å². The largest absolute Gasteiger partial charge is 0.497 e. The van der Waals surface area contributed by atoms with Crippen molar-refractivity contribution in [3.63, 3.8) is 0 Å². The van der Waals surface area contributed by atoms with E-state index in [1.807, 2.05) is 41.3 Å². The molecule has 0 N–H and O–H groups in total. The number of nitrogens with zero attached hydrogens (tertiary/aromatic N) is 5. The molecule has 2 aliphatic heterocycles. The maximum atomic E-state index is 13.1. The van der Waals surface area contributed by atoms with Gasteiger partial charge in [-0.15, -0.1) is 10.2 Å². The van der Waals surface area contributed by atoms with Crippen LogP contribution in [-0.2, 0) is 4.79 Å². The molecule has 4 heterocycles. The van der Waals surface area contributed by atoms with Crippen molar-refractivity contribution >= 4 is 17.4 Å². The van der Waals surface area contributed by atoms with Gasteiger partial charge in [0.2, 0.25) is 5.91 Å². The molecule has 33 heavy (non-hydrogen) atoms. The number of hydrogen-bond acceptors (Lipinski definition) is 7. The first-order valence-electron chi connectivity index (χ1n) is 11.5. The summed E-state index contributed by atoms with van der Waals surface area (Å²) in [6.45, 7) is 4.88. The summed E-state index contributed by atoms with van der Waals surface area (Å²) >= 11 is 0. The van der Waals surface area contributed by atoms with E-state index in [4.69, 9.17) is 9.15 Å². The number of piperazine rings is 1. The van der Waals surface area contributed by atoms with Crippen LogP contribution in [0.5, 0.6) is 5.75 Å². The van der Waals surface area contributed by atoms with Crippen LogP contribution < -0.4 is 14.5 Å². The lowest BCUT2D eigenvalue weighted by molar-refractivity contribution is -0.136. The summed E-state index contributed by atoms with van der Waals surface area (Å²) in [5.41, 5.74) is 1.90. The molecule has 2 aliphatic rings. The fourth-order valence-electron chi connectivity index (χ4n) is 4.64. The SMILES string of the molecule is COc1ccc(N2CCN(C(=O)C3CCN(c4ccc(-c5ccco5)nn4)CC3)CC2)cc1. The minimum absolute atomic E-state index is 0.0872. The summed E-state index contributed by atoms with van der Waals surface area (Å²) in [6.07, 6.45) is 3.32. The molecule has 0 aliphatic carbocycles. The van der Waals surface area contributed by atoms with Crippen molar-refractivity contribution in [1.82, 2.24) is 15.1 Å². The van der Waals surface area contributed by atoms with E-state index < -0.39 is 0 Å². The van der Waals surface area contributed by atoms with Gasteiger partial charge >= 0.3 is 0 Å². The number of piperidine rings is 1. The number of ether oxygens (including phenoxy) is 1. The Labute approximate surface area is 193 Å². The minimum Gasteiger partial charge on any atom is -0.497 e. The third-order valence-electron chi connectivity index (χ3n) is 6.62. The van der Waals surface area contributed by atoms with Crippen LogP contribution in [0.4, 0.5) is 11.5 Å². The lowest BCUT2D eigenvalue weighted by atomic mass is 9.95. The molecule has 8 heteroatoms. The Hall–Kier alpha value is -3.55. The number of rotatable bonds is 5. The first-order chi connectivity index (χ1) is 16.2. The van der Waals surface area contributed by atoms with Gasteiger partial charge in [-0.1, -0.05) is 0 Å². The second kappa shape index (κ2) is 9.52. The lowest BCUT2D eigenvalue weighted by Gasteiger charge is -2.39. The van der Waals surface area contributed by atoms with E-state index in [9.17, 15) is 4.79 Å². The fraction of sp³-hybridized carbons (Fsp3) is 0.400. The first-order valence-corrected chi connectivity index (χ1v) is 11.5. The third kappa shape index (κ3) is 4.65. The number of methoxy groups -OCH3 is 1. The zero-order chi connectivity index (χ0) is 22.6. The van der Waals surface area contributed by atoms with Gasteiger partial charge in [0.1, 0.15) is 11.4 Å². The van der Waals surface area contributed by atoms with Gasteiger partial charge in [-0.3, -0.25) is 4.79 Å². The molecule has 1 aromatic carbocycles. The molecular formula is C25H29N5O3. The van der Waals surface area contributed by atoms with E-state index in [1.165, 1.54) is 5.69 Å². The van der Waals surface area contributed by atoms with Gasteiger partial charge in [-0.2, -0.15) is 0 Å². The van der Waals surface area contributed by atoms with E-state index in [0.717, 1.165) is 69.4 Å². The highest BCUT2D eigenvalue weighted by atomic mass is 16.5. The number of aromatic nitrogens is 2. The van der Waals surface area contributed by atoms with Crippen LogP contribution in [0.1, 0.15) is 12.8 Å². The Bertz CT molecular complexity index is 1040. The Morgan fingerprint density at radius 3 is 2.27 bits per heavy atom. The Kier molecular flexibility index (Phi) is 6.15. The molecule has 2 aromatic heterocycles. The molecule has 0 radical (unpaired) electrons. The number of amides is 1. The quantitative estimate of drug-likeness (QED) is 0.594. The monoisotopic (exact) mass is 447 g/mol. The number of furan rings is 1. The van der Waals surface area contributed by atoms with Gasteiger partial charge in [-0.05, 0) is 61.4 Å². The zero-order valence-corrected chi connectivity index (χ0v) is 18.9. The number of benzene rings is 1. The van der Waals surface area contributed by atoms with Gasteiger partial charge < -0.3 is 23.9 Å². The van der Waals surface area contributed by atoms with E-state index in [1.54, 1.807) is 13.4 Å². The summed E-state index contributed by atoms with van der Waals surface area (Å²) in [6, 6.07) is 15.7. The molecule has 0 saturated carbocycles. The summed E-state index contributed by atoms with van der Waals surface area (Å²) in [7, 11) is 1.68. The molecule has 2 fully saturated rings. The predicted molar refractivity (Wildman–Crippen MR) is 126 cm³/mol. The molecule has 0 spiro atoms. The van der Waals surface area contributed by atoms with Crippen molar-refractivity contribution in [3.8, 4) is 17.2 Å². The Balaban J connectivity index is 1.11. The summed E-state index contributed by atoms with van der Waals surface area (Å²) in [4.78, 5) is 19.7. The molecule has 0 bridgehead atoms. The number of anilines is 2. The molecule has 2 saturated heterocycles. The normalized spacial score (nSPS) is 17.3. The molecule has 3 aromatic rings. The van der Waals surface area contributed by atoms with Crippen LogP contribution >= 0.6 is 0 Å². The van der Waals surface area contributed by atoms with Gasteiger partial charge in [0, 0.05) is 50.9 Å². The van der Waals surface area contributed by atoms with Crippen LogP contribution in [-0.4, -0.2) is 67.4 Å². The number of carbonyl (C=O) groups is 1. The van der Waals surface area contributed by atoms with Crippen molar-refractivity contribution in [1.29, 1.82) is 0 Å². The molecule has 0 atom stereocenters. The van der Waals surface area contributed by atoms with Crippen molar-refractivity contribution < 1.29 is 13.9 Å². The first kappa shape index (κ1) is 21.3. The van der Waals surface area contributed by atoms with Crippen molar-refractivity contribution in [2.24, 2.45) is 5.92 Å². The highest BCUT2D eigenvalue weighted by Gasteiger charge is 2.31. The summed E-state index contributed by atoms with van der Waals surface area (Å²) in [5.74, 6) is 2.81. The van der Waals surface area contributed by atoms with Crippen LogP contribution in [0.3, 0.4) is 0 Å². The zero-order valence-electron chi connectivity index (χ0n) is 18.9. The van der Waals surface area contributed by atoms with Gasteiger partial charge in [0.25, 0.3) is 0 Å². The van der Waals surface area contributed by atoms with Crippen molar-refractivity contribution in [3.05, 3.63) is 54.8 Å². The standard InChI is InChI=1S/C25H29N5O3/c1-32-21-6-4-20(5-7-21)28-14-16-30(17-15-28)25(31)19-10-12-29(13-11-19)24-9-8-22(26-27-24)23-3-2-18-33-23/h2-9,18-19H,10-17H2,1H3. The fourth-order valence-corrected chi connectivity index (χ4v) is 4.64. The lowest BCUT2D eigenvalue weighted by Crippen LogP contribution is -2.51. The predicted octanol–water partition coefficient (Wildman–Crippen LogP) is 3.31. The smallest absolute Gasteiger partial charge is 0.225 e. The van der Waals surface area contributed by atoms with Crippen LogP contribution in [0.25, 0.3) is 11.5 Å². The van der Waals surface area contributed by atoms with Crippen LogP contribution in [0.2, 0.25) is 0 Å². The van der Waals surface area contributed by atoms with Crippen LogP contribution in [0.15, 0.2) is 59.2 Å². The highest BCUT2D eigenvalue weighted by Crippen LogP contribution is 2.26. The second-order valence-corrected chi connectivity index (χ2v) is 8.53. The number of hydrogen-bond donors (Lipinski definition) is 0. The maximum Gasteiger partial charge on any atom is 0.225 e. The minimum atomic E-state index is 0.0872. The second-order valence-electron chi connectivity index (χ2n) is 8.53. The molecule has 5 rings (SSSR count). The van der Waals surface area contributed by atoms with E-state index in [2.05, 4.69) is 32.1 Å². The van der Waals surface area contributed by atoms with E-state index in [0.29, 0.717) is 11.7 Å². The van der Waals surface area contributed by atoms with E-state index >= 15 is 0 Å². The average Bonchev–Trinajstić information content (AvgIpc) is 3.44. The maximum absolute atomic E-state index is 13.1. The van der Waals surface area contributed by atoms with Gasteiger partial charge in [0.15, 0.2) is 11.6 Å². The van der Waals surface area contributed by atoms with Crippen molar-refractivity contribution in [2.75, 3.05) is 56.2 Å². The highest BCUT2D eigenvalue weighted by molar-refractivity contribution is 5.79. The molecule has 0 unspecified atom stereocenters. The number of carbonyl (C=O) groups excluding carboxylic acids is 1. The van der Waals surface area contributed by atoms with E-state index in [-0.39, 0.29) is 5.92 Å². The molecule has 172 valence electrons.